The number of carbonyl (C=O) groups is 1. The summed E-state index contributed by atoms with van der Waals surface area (Å²) in [5.74, 6) is 0.462. The molecule has 0 spiro atoms. The summed E-state index contributed by atoms with van der Waals surface area (Å²) < 4.78 is 0. The summed E-state index contributed by atoms with van der Waals surface area (Å²) in [6.07, 6.45) is 9.68. The molecule has 1 aromatic heterocycles. The Balaban J connectivity index is 1.49. The van der Waals surface area contributed by atoms with Gasteiger partial charge in [0.15, 0.2) is 0 Å². The average Bonchev–Trinajstić information content (AvgIpc) is 3.07. The van der Waals surface area contributed by atoms with Gasteiger partial charge in [-0.25, -0.2) is 0 Å². The maximum Gasteiger partial charge on any atom is 0.250 e. The van der Waals surface area contributed by atoms with Crippen LogP contribution < -0.4 is 10.6 Å². The van der Waals surface area contributed by atoms with Crippen LogP contribution in [0.25, 0.3) is 6.08 Å². The lowest BCUT2D eigenvalue weighted by molar-refractivity contribution is -0.111. The third kappa shape index (κ3) is 5.54. The number of anilines is 2. The minimum absolute atomic E-state index is 0.255. The third-order valence-corrected chi connectivity index (χ3v) is 5.38. The van der Waals surface area contributed by atoms with Gasteiger partial charge >= 0.3 is 0 Å². The zero-order valence-corrected chi connectivity index (χ0v) is 15.4. The van der Waals surface area contributed by atoms with Gasteiger partial charge in [-0.3, -0.25) is 10.1 Å². The Morgan fingerprint density at radius 3 is 2.76 bits per heavy atom. The van der Waals surface area contributed by atoms with Crippen molar-refractivity contribution in [2.24, 2.45) is 5.92 Å². The van der Waals surface area contributed by atoms with E-state index in [4.69, 9.17) is 11.6 Å². The molecule has 25 heavy (non-hydrogen) atoms. The van der Waals surface area contributed by atoms with Crippen LogP contribution in [0.1, 0.15) is 37.7 Å². The first-order valence-electron chi connectivity index (χ1n) is 8.51. The molecule has 132 valence electrons. The van der Waals surface area contributed by atoms with Crippen LogP contribution in [0, 0.1) is 5.92 Å². The van der Waals surface area contributed by atoms with E-state index in [9.17, 15) is 4.79 Å². The minimum atomic E-state index is -0.255. The van der Waals surface area contributed by atoms with Crippen molar-refractivity contribution in [1.82, 2.24) is 10.2 Å². The maximum atomic E-state index is 12.0. The summed E-state index contributed by atoms with van der Waals surface area (Å²) in [6, 6.07) is 7.36. The molecule has 2 N–H and O–H groups in total. The van der Waals surface area contributed by atoms with Gasteiger partial charge in [0, 0.05) is 17.6 Å². The second-order valence-electron chi connectivity index (χ2n) is 6.14. The van der Waals surface area contributed by atoms with E-state index in [0.29, 0.717) is 16.1 Å². The van der Waals surface area contributed by atoms with Gasteiger partial charge in [-0.2, -0.15) is 0 Å². The van der Waals surface area contributed by atoms with Crippen LogP contribution in [0.4, 0.5) is 10.3 Å². The van der Waals surface area contributed by atoms with Crippen LogP contribution in [0.3, 0.4) is 0 Å². The number of amides is 1. The van der Waals surface area contributed by atoms with Crippen LogP contribution in [0.2, 0.25) is 5.02 Å². The van der Waals surface area contributed by atoms with Crippen LogP contribution in [0.5, 0.6) is 0 Å². The SMILES string of the molecule is O=C(/C=C/c1ccccc1Cl)Nc1nnc(NCC2CCCCC2)s1. The molecule has 1 heterocycles. The van der Waals surface area contributed by atoms with Crippen molar-refractivity contribution in [2.75, 3.05) is 17.2 Å². The van der Waals surface area contributed by atoms with Crippen LogP contribution in [-0.2, 0) is 4.79 Å². The summed E-state index contributed by atoms with van der Waals surface area (Å²) in [4.78, 5) is 12.0. The zero-order chi connectivity index (χ0) is 17.5. The molecule has 0 saturated heterocycles. The molecule has 1 aliphatic carbocycles. The summed E-state index contributed by atoms with van der Waals surface area (Å²) in [5.41, 5.74) is 0.798. The van der Waals surface area contributed by atoms with Crippen molar-refractivity contribution in [3.63, 3.8) is 0 Å². The molecule has 0 unspecified atom stereocenters. The first kappa shape index (κ1) is 17.9. The standard InChI is InChI=1S/C18H21ClN4OS/c19-15-9-5-4-8-14(15)10-11-16(24)21-18-23-22-17(25-18)20-12-13-6-2-1-3-7-13/h4-5,8-11,13H,1-3,6-7,12H2,(H,20,22)(H,21,23,24)/b11-10+. The normalized spacial score (nSPS) is 15.4. The first-order chi connectivity index (χ1) is 12.2. The summed E-state index contributed by atoms with van der Waals surface area (Å²) in [6.45, 7) is 0.926. The number of carbonyl (C=O) groups excluding carboxylic acids is 1. The Morgan fingerprint density at radius 2 is 1.96 bits per heavy atom. The second kappa shape index (κ2) is 8.97. The monoisotopic (exact) mass is 376 g/mol. The molecular weight excluding hydrogens is 356 g/mol. The number of benzene rings is 1. The molecule has 1 aromatic carbocycles. The number of nitrogens with zero attached hydrogens (tertiary/aromatic N) is 2. The molecule has 2 aromatic rings. The van der Waals surface area contributed by atoms with Gasteiger partial charge in [0.1, 0.15) is 0 Å². The van der Waals surface area contributed by atoms with Gasteiger partial charge in [-0.15, -0.1) is 10.2 Å². The van der Waals surface area contributed by atoms with E-state index in [1.54, 1.807) is 12.1 Å². The van der Waals surface area contributed by atoms with Crippen molar-refractivity contribution in [3.05, 3.63) is 40.9 Å². The molecule has 3 rings (SSSR count). The van der Waals surface area contributed by atoms with Crippen molar-refractivity contribution in [3.8, 4) is 0 Å². The van der Waals surface area contributed by atoms with E-state index < -0.39 is 0 Å². The number of nitrogens with one attached hydrogen (secondary N) is 2. The summed E-state index contributed by atoms with van der Waals surface area (Å²) in [5, 5.41) is 16.0. The lowest BCUT2D eigenvalue weighted by Gasteiger charge is -2.21. The molecule has 0 radical (unpaired) electrons. The Hall–Kier alpha value is -1.92. The fourth-order valence-corrected chi connectivity index (χ4v) is 3.74. The Labute approximate surface area is 156 Å². The molecule has 1 fully saturated rings. The molecule has 0 aliphatic heterocycles. The quantitative estimate of drug-likeness (QED) is 0.708. The molecule has 1 amide bonds. The van der Waals surface area contributed by atoms with Gasteiger partial charge in [0.05, 0.1) is 0 Å². The lowest BCUT2D eigenvalue weighted by Crippen LogP contribution is -2.16. The van der Waals surface area contributed by atoms with E-state index in [1.165, 1.54) is 49.5 Å². The van der Waals surface area contributed by atoms with E-state index in [0.717, 1.165) is 17.2 Å². The van der Waals surface area contributed by atoms with Gasteiger partial charge in [0.2, 0.25) is 16.2 Å². The van der Waals surface area contributed by atoms with Crippen LogP contribution >= 0.6 is 22.9 Å². The number of rotatable bonds is 6. The largest absolute Gasteiger partial charge is 0.360 e. The topological polar surface area (TPSA) is 66.9 Å². The van der Waals surface area contributed by atoms with E-state index in [1.807, 2.05) is 18.2 Å². The average molecular weight is 377 g/mol. The van der Waals surface area contributed by atoms with Gasteiger partial charge in [-0.1, -0.05) is 60.4 Å². The van der Waals surface area contributed by atoms with Crippen molar-refractivity contribution >= 4 is 45.2 Å². The van der Waals surface area contributed by atoms with Crippen molar-refractivity contribution in [2.45, 2.75) is 32.1 Å². The fourth-order valence-electron chi connectivity index (χ4n) is 2.89. The first-order valence-corrected chi connectivity index (χ1v) is 9.71. The highest BCUT2D eigenvalue weighted by Gasteiger charge is 2.14. The highest BCUT2D eigenvalue weighted by atomic mass is 35.5. The van der Waals surface area contributed by atoms with E-state index in [2.05, 4.69) is 20.8 Å². The van der Waals surface area contributed by atoms with Gasteiger partial charge in [-0.05, 0) is 36.5 Å². The number of halogens is 1. The molecule has 7 heteroatoms. The van der Waals surface area contributed by atoms with Gasteiger partial charge in [0.25, 0.3) is 0 Å². The Bertz CT molecular complexity index is 740. The predicted molar refractivity (Wildman–Crippen MR) is 104 cm³/mol. The van der Waals surface area contributed by atoms with Gasteiger partial charge < -0.3 is 5.32 Å². The highest BCUT2D eigenvalue weighted by molar-refractivity contribution is 7.19. The maximum absolute atomic E-state index is 12.0. The number of hydrogen-bond donors (Lipinski definition) is 2. The molecule has 0 bridgehead atoms. The smallest absolute Gasteiger partial charge is 0.250 e. The number of aromatic nitrogens is 2. The third-order valence-electron chi connectivity index (χ3n) is 4.24. The van der Waals surface area contributed by atoms with Crippen LogP contribution in [-0.4, -0.2) is 22.6 Å². The van der Waals surface area contributed by atoms with E-state index in [-0.39, 0.29) is 5.91 Å². The number of hydrogen-bond acceptors (Lipinski definition) is 5. The summed E-state index contributed by atoms with van der Waals surface area (Å²) >= 11 is 7.41. The van der Waals surface area contributed by atoms with E-state index >= 15 is 0 Å². The lowest BCUT2D eigenvalue weighted by atomic mass is 9.89. The molecular formula is C18H21ClN4OS. The zero-order valence-electron chi connectivity index (χ0n) is 13.9. The van der Waals surface area contributed by atoms with Crippen molar-refractivity contribution in [1.29, 1.82) is 0 Å². The minimum Gasteiger partial charge on any atom is -0.360 e. The molecule has 1 aliphatic rings. The fraction of sp³-hybridized carbons (Fsp3) is 0.389. The summed E-state index contributed by atoms with van der Waals surface area (Å²) in [7, 11) is 0. The highest BCUT2D eigenvalue weighted by Crippen LogP contribution is 2.25. The Morgan fingerprint density at radius 1 is 1.20 bits per heavy atom. The predicted octanol–water partition coefficient (Wildman–Crippen LogP) is 4.84. The molecule has 1 saturated carbocycles. The second-order valence-corrected chi connectivity index (χ2v) is 7.53. The van der Waals surface area contributed by atoms with Crippen molar-refractivity contribution < 1.29 is 4.79 Å². The Kier molecular flexibility index (Phi) is 6.42. The molecule has 0 atom stereocenters. The van der Waals surface area contributed by atoms with Crippen LogP contribution in [0.15, 0.2) is 30.3 Å². The molecule has 5 nitrogen and oxygen atoms in total.